The van der Waals surface area contributed by atoms with Gasteiger partial charge in [-0.3, -0.25) is 4.79 Å². The maximum Gasteiger partial charge on any atom is 0.163 e. The average molecular weight is 248 g/mol. The lowest BCUT2D eigenvalue weighted by Crippen LogP contribution is -2.07. The van der Waals surface area contributed by atoms with Crippen LogP contribution in [-0.2, 0) is 0 Å². The van der Waals surface area contributed by atoms with Gasteiger partial charge in [0.2, 0.25) is 0 Å². The van der Waals surface area contributed by atoms with E-state index in [-0.39, 0.29) is 4.75 Å². The Hall–Kier alpha value is -0.760. The van der Waals surface area contributed by atoms with Gasteiger partial charge in [-0.05, 0) is 30.9 Å². The monoisotopic (exact) mass is 248 g/mol. The molecule has 0 spiro atoms. The van der Waals surface area contributed by atoms with E-state index >= 15 is 0 Å². The molecule has 2 rings (SSSR count). The maximum absolute atomic E-state index is 12.0. The van der Waals surface area contributed by atoms with Crippen LogP contribution in [0.1, 0.15) is 50.4 Å². The number of thioether (sulfide) groups is 1. The molecule has 0 saturated heterocycles. The second kappa shape index (κ2) is 4.85. The minimum Gasteiger partial charge on any atom is -0.294 e. The van der Waals surface area contributed by atoms with E-state index in [4.69, 9.17) is 0 Å². The van der Waals surface area contributed by atoms with E-state index in [1.165, 1.54) is 17.7 Å². The number of carbonyl (C=O) groups is 1. The van der Waals surface area contributed by atoms with Gasteiger partial charge in [0, 0.05) is 21.6 Å². The number of benzene rings is 1. The molecule has 0 amide bonds. The van der Waals surface area contributed by atoms with Crippen molar-refractivity contribution in [2.75, 3.05) is 0 Å². The van der Waals surface area contributed by atoms with Crippen molar-refractivity contribution in [3.8, 4) is 0 Å². The van der Waals surface area contributed by atoms with Crippen LogP contribution in [0.25, 0.3) is 0 Å². The molecule has 1 saturated carbocycles. The third kappa shape index (κ3) is 4.19. The number of rotatable bonds is 4. The van der Waals surface area contributed by atoms with Crippen LogP contribution in [-0.4, -0.2) is 10.5 Å². The summed E-state index contributed by atoms with van der Waals surface area (Å²) in [6.45, 7) is 6.57. The fourth-order valence-electron chi connectivity index (χ4n) is 1.79. The van der Waals surface area contributed by atoms with E-state index in [1.54, 1.807) is 0 Å². The van der Waals surface area contributed by atoms with Crippen LogP contribution in [0.5, 0.6) is 0 Å². The highest BCUT2D eigenvalue weighted by atomic mass is 32.2. The topological polar surface area (TPSA) is 17.1 Å². The predicted octanol–water partition coefficient (Wildman–Crippen LogP) is 4.56. The molecule has 1 aliphatic carbocycles. The Kier molecular flexibility index (Phi) is 3.62. The van der Waals surface area contributed by atoms with Gasteiger partial charge in [0.05, 0.1) is 0 Å². The summed E-state index contributed by atoms with van der Waals surface area (Å²) in [6.07, 6.45) is 3.22. The highest BCUT2D eigenvalue weighted by molar-refractivity contribution is 8.00. The molecule has 0 radical (unpaired) electrons. The number of hydrogen-bond donors (Lipinski definition) is 0. The van der Waals surface area contributed by atoms with Gasteiger partial charge in [-0.25, -0.2) is 0 Å². The van der Waals surface area contributed by atoms with Crippen molar-refractivity contribution in [2.24, 2.45) is 5.92 Å². The maximum atomic E-state index is 12.0. The Labute approximate surface area is 108 Å². The predicted molar refractivity (Wildman–Crippen MR) is 73.7 cm³/mol. The molecule has 92 valence electrons. The lowest BCUT2D eigenvalue weighted by Gasteiger charge is -2.17. The molecule has 0 aliphatic heterocycles. The number of Topliss-reactive ketones (excluding diaryl/α,β-unsaturated/α-hetero) is 1. The largest absolute Gasteiger partial charge is 0.294 e. The van der Waals surface area contributed by atoms with Gasteiger partial charge in [-0.15, -0.1) is 11.8 Å². The Balaban J connectivity index is 2.07. The van der Waals surface area contributed by atoms with Crippen molar-refractivity contribution >= 4 is 17.5 Å². The van der Waals surface area contributed by atoms with Gasteiger partial charge in [0.15, 0.2) is 5.78 Å². The third-order valence-electron chi connectivity index (χ3n) is 2.75. The first kappa shape index (κ1) is 12.7. The molecule has 2 heteroatoms. The van der Waals surface area contributed by atoms with E-state index in [0.717, 1.165) is 12.0 Å². The SMILES string of the molecule is CC(C)(C)Sc1cccc(C(=O)CC2CC2)c1. The van der Waals surface area contributed by atoms with Crippen molar-refractivity contribution < 1.29 is 4.79 Å². The van der Waals surface area contributed by atoms with Crippen LogP contribution in [0.3, 0.4) is 0 Å². The minimum absolute atomic E-state index is 0.193. The molecular formula is C15H20OS. The zero-order chi connectivity index (χ0) is 12.5. The number of hydrogen-bond acceptors (Lipinski definition) is 2. The Bertz CT molecular complexity index is 413. The van der Waals surface area contributed by atoms with Crippen LogP contribution in [0.2, 0.25) is 0 Å². The van der Waals surface area contributed by atoms with Crippen molar-refractivity contribution in [3.63, 3.8) is 0 Å². The van der Waals surface area contributed by atoms with Gasteiger partial charge < -0.3 is 0 Å². The molecule has 1 fully saturated rings. The summed E-state index contributed by atoms with van der Waals surface area (Å²) < 4.78 is 0.193. The van der Waals surface area contributed by atoms with Crippen LogP contribution in [0.4, 0.5) is 0 Å². The molecule has 0 heterocycles. The van der Waals surface area contributed by atoms with Gasteiger partial charge >= 0.3 is 0 Å². The highest BCUT2D eigenvalue weighted by Crippen LogP contribution is 2.35. The smallest absolute Gasteiger partial charge is 0.163 e. The Morgan fingerprint density at radius 1 is 1.35 bits per heavy atom. The van der Waals surface area contributed by atoms with Crippen molar-refractivity contribution in [2.45, 2.75) is 49.7 Å². The van der Waals surface area contributed by atoms with Crippen molar-refractivity contribution in [1.29, 1.82) is 0 Å². The van der Waals surface area contributed by atoms with Crippen LogP contribution >= 0.6 is 11.8 Å². The van der Waals surface area contributed by atoms with Crippen LogP contribution in [0.15, 0.2) is 29.2 Å². The molecule has 1 nitrogen and oxygen atoms in total. The molecule has 0 aromatic heterocycles. The average Bonchev–Trinajstić information content (AvgIpc) is 2.99. The molecule has 0 atom stereocenters. The molecule has 0 N–H and O–H groups in total. The normalized spacial score (nSPS) is 15.9. The van der Waals surface area contributed by atoms with Crippen molar-refractivity contribution in [3.05, 3.63) is 29.8 Å². The second-order valence-corrected chi connectivity index (χ2v) is 7.71. The summed E-state index contributed by atoms with van der Waals surface area (Å²) in [6, 6.07) is 8.07. The van der Waals surface area contributed by atoms with Gasteiger partial charge in [0.1, 0.15) is 0 Å². The quantitative estimate of drug-likeness (QED) is 0.574. The highest BCUT2D eigenvalue weighted by Gasteiger charge is 2.25. The summed E-state index contributed by atoms with van der Waals surface area (Å²) in [5.41, 5.74) is 0.881. The molecule has 1 aromatic rings. The lowest BCUT2D eigenvalue weighted by atomic mass is 10.1. The van der Waals surface area contributed by atoms with E-state index in [2.05, 4.69) is 26.8 Å². The second-order valence-electron chi connectivity index (χ2n) is 5.81. The molecule has 0 unspecified atom stereocenters. The van der Waals surface area contributed by atoms with Gasteiger partial charge in [-0.1, -0.05) is 32.9 Å². The molecule has 1 aromatic carbocycles. The standard InChI is InChI=1S/C15H20OS/c1-15(2,3)17-13-6-4-5-12(10-13)14(16)9-11-7-8-11/h4-6,10-11H,7-9H2,1-3H3. The first-order chi connectivity index (χ1) is 7.94. The lowest BCUT2D eigenvalue weighted by molar-refractivity contribution is 0.0976. The fraction of sp³-hybridized carbons (Fsp3) is 0.533. The summed E-state index contributed by atoms with van der Waals surface area (Å²) in [5, 5.41) is 0. The number of carbonyl (C=O) groups excluding carboxylic acids is 1. The first-order valence-corrected chi connectivity index (χ1v) is 7.08. The van der Waals surface area contributed by atoms with E-state index in [1.807, 2.05) is 30.0 Å². The van der Waals surface area contributed by atoms with Crippen LogP contribution < -0.4 is 0 Å². The zero-order valence-corrected chi connectivity index (χ0v) is 11.6. The Morgan fingerprint density at radius 2 is 2.06 bits per heavy atom. The zero-order valence-electron chi connectivity index (χ0n) is 10.8. The van der Waals surface area contributed by atoms with Crippen LogP contribution in [0, 0.1) is 5.92 Å². The molecule has 17 heavy (non-hydrogen) atoms. The summed E-state index contributed by atoms with van der Waals surface area (Å²) in [5.74, 6) is 0.977. The Morgan fingerprint density at radius 3 is 2.65 bits per heavy atom. The number of ketones is 1. The summed E-state index contributed by atoms with van der Waals surface area (Å²) in [4.78, 5) is 13.2. The molecule has 0 bridgehead atoms. The first-order valence-electron chi connectivity index (χ1n) is 6.26. The van der Waals surface area contributed by atoms with Gasteiger partial charge in [-0.2, -0.15) is 0 Å². The van der Waals surface area contributed by atoms with E-state index < -0.39 is 0 Å². The van der Waals surface area contributed by atoms with E-state index in [9.17, 15) is 4.79 Å². The minimum atomic E-state index is 0.193. The molecular weight excluding hydrogens is 228 g/mol. The summed E-state index contributed by atoms with van der Waals surface area (Å²) in [7, 11) is 0. The molecule has 1 aliphatic rings. The van der Waals surface area contributed by atoms with E-state index in [0.29, 0.717) is 11.7 Å². The van der Waals surface area contributed by atoms with Crippen molar-refractivity contribution in [1.82, 2.24) is 0 Å². The fourth-order valence-corrected chi connectivity index (χ4v) is 2.83. The third-order valence-corrected chi connectivity index (χ3v) is 3.85. The van der Waals surface area contributed by atoms with Gasteiger partial charge in [0.25, 0.3) is 0 Å². The summed E-state index contributed by atoms with van der Waals surface area (Å²) >= 11 is 1.81.